The van der Waals surface area contributed by atoms with Gasteiger partial charge in [-0.15, -0.1) is 0 Å². The zero-order chi connectivity index (χ0) is 22.2. The maximum atomic E-state index is 13.9. The summed E-state index contributed by atoms with van der Waals surface area (Å²) in [6.07, 6.45) is 0.383. The molecule has 31 heavy (non-hydrogen) atoms. The van der Waals surface area contributed by atoms with Crippen LogP contribution in [0.15, 0.2) is 53.1 Å². The Morgan fingerprint density at radius 2 is 1.90 bits per heavy atom. The molecule has 1 fully saturated rings. The molecule has 8 heteroatoms. The second kappa shape index (κ2) is 8.26. The number of hydrogen-bond donors (Lipinski definition) is 0. The van der Waals surface area contributed by atoms with Crippen molar-refractivity contribution in [1.29, 1.82) is 0 Å². The SMILES string of the molecule is Cc1ccc(CN(C(=O)c2cc(-c3ccc(C)c(F)c3)on2)[C@H]2CCS(=O)(=O)C2)cc1. The maximum absolute atomic E-state index is 13.9. The normalized spacial score (nSPS) is 17.6. The molecule has 1 atom stereocenters. The van der Waals surface area contributed by atoms with E-state index in [2.05, 4.69) is 5.16 Å². The summed E-state index contributed by atoms with van der Waals surface area (Å²) in [5.41, 5.74) is 3.03. The summed E-state index contributed by atoms with van der Waals surface area (Å²) < 4.78 is 43.3. The van der Waals surface area contributed by atoms with Crippen molar-refractivity contribution in [3.8, 4) is 11.3 Å². The number of hydrogen-bond acceptors (Lipinski definition) is 5. The van der Waals surface area contributed by atoms with E-state index in [-0.39, 0.29) is 35.3 Å². The summed E-state index contributed by atoms with van der Waals surface area (Å²) in [4.78, 5) is 14.9. The molecule has 0 spiro atoms. The molecule has 0 N–H and O–H groups in total. The Balaban J connectivity index is 1.63. The second-order valence-electron chi connectivity index (χ2n) is 8.02. The fraction of sp³-hybridized carbons (Fsp3) is 0.304. The van der Waals surface area contributed by atoms with Crippen molar-refractivity contribution in [2.24, 2.45) is 0 Å². The molecule has 162 valence electrons. The van der Waals surface area contributed by atoms with Crippen LogP contribution in [0.1, 0.15) is 33.6 Å². The van der Waals surface area contributed by atoms with E-state index in [0.717, 1.165) is 11.1 Å². The van der Waals surface area contributed by atoms with Crippen LogP contribution in [0.4, 0.5) is 4.39 Å². The third kappa shape index (κ3) is 4.69. The molecule has 1 saturated heterocycles. The average Bonchev–Trinajstić information content (AvgIpc) is 3.36. The number of amides is 1. The van der Waals surface area contributed by atoms with Crippen LogP contribution in [0.25, 0.3) is 11.3 Å². The Morgan fingerprint density at radius 1 is 1.16 bits per heavy atom. The molecule has 1 aromatic heterocycles. The van der Waals surface area contributed by atoms with Gasteiger partial charge in [0.15, 0.2) is 21.3 Å². The molecule has 0 aliphatic carbocycles. The number of nitrogens with zero attached hydrogens (tertiary/aromatic N) is 2. The van der Waals surface area contributed by atoms with Gasteiger partial charge in [-0.1, -0.05) is 47.1 Å². The maximum Gasteiger partial charge on any atom is 0.276 e. The third-order valence-corrected chi connectivity index (χ3v) is 7.32. The number of halogens is 1. The molecule has 0 bridgehead atoms. The van der Waals surface area contributed by atoms with Gasteiger partial charge in [-0.2, -0.15) is 0 Å². The van der Waals surface area contributed by atoms with Crippen LogP contribution in [0.3, 0.4) is 0 Å². The number of carbonyl (C=O) groups is 1. The van der Waals surface area contributed by atoms with Crippen molar-refractivity contribution in [3.63, 3.8) is 0 Å². The number of rotatable bonds is 5. The van der Waals surface area contributed by atoms with Crippen LogP contribution in [-0.4, -0.2) is 41.9 Å². The summed E-state index contributed by atoms with van der Waals surface area (Å²) in [5, 5.41) is 3.89. The van der Waals surface area contributed by atoms with Gasteiger partial charge in [0.25, 0.3) is 5.91 Å². The summed E-state index contributed by atoms with van der Waals surface area (Å²) in [6.45, 7) is 3.90. The molecule has 3 aromatic rings. The van der Waals surface area contributed by atoms with Crippen LogP contribution in [0.2, 0.25) is 0 Å². The molecule has 2 aromatic carbocycles. The molecular weight excluding hydrogens is 419 g/mol. The first-order valence-electron chi connectivity index (χ1n) is 10.0. The van der Waals surface area contributed by atoms with E-state index in [4.69, 9.17) is 4.52 Å². The quantitative estimate of drug-likeness (QED) is 0.598. The fourth-order valence-electron chi connectivity index (χ4n) is 3.68. The van der Waals surface area contributed by atoms with Crippen molar-refractivity contribution >= 4 is 15.7 Å². The monoisotopic (exact) mass is 442 g/mol. The van der Waals surface area contributed by atoms with E-state index in [1.807, 2.05) is 31.2 Å². The molecule has 1 aliphatic heterocycles. The van der Waals surface area contributed by atoms with Gasteiger partial charge in [-0.25, -0.2) is 12.8 Å². The second-order valence-corrected chi connectivity index (χ2v) is 10.2. The van der Waals surface area contributed by atoms with Crippen LogP contribution in [-0.2, 0) is 16.4 Å². The molecule has 1 aliphatic rings. The first-order valence-corrected chi connectivity index (χ1v) is 11.8. The van der Waals surface area contributed by atoms with Crippen molar-refractivity contribution in [3.05, 3.63) is 76.7 Å². The van der Waals surface area contributed by atoms with Crippen molar-refractivity contribution in [1.82, 2.24) is 10.1 Å². The summed E-state index contributed by atoms with van der Waals surface area (Å²) >= 11 is 0. The highest BCUT2D eigenvalue weighted by atomic mass is 32.2. The number of benzene rings is 2. The van der Waals surface area contributed by atoms with Gasteiger partial charge in [-0.3, -0.25) is 4.79 Å². The molecule has 0 unspecified atom stereocenters. The third-order valence-electron chi connectivity index (χ3n) is 5.57. The number of carbonyl (C=O) groups excluding carboxylic acids is 1. The van der Waals surface area contributed by atoms with Crippen molar-refractivity contribution in [2.75, 3.05) is 11.5 Å². The lowest BCUT2D eigenvalue weighted by molar-refractivity contribution is 0.0670. The van der Waals surface area contributed by atoms with Gasteiger partial charge in [0.2, 0.25) is 0 Å². The van der Waals surface area contributed by atoms with Crippen LogP contribution in [0, 0.1) is 19.7 Å². The summed E-state index contributed by atoms with van der Waals surface area (Å²) in [6, 6.07) is 13.4. The lowest BCUT2D eigenvalue weighted by atomic mass is 10.1. The van der Waals surface area contributed by atoms with E-state index in [1.54, 1.807) is 24.0 Å². The zero-order valence-electron chi connectivity index (χ0n) is 17.3. The largest absolute Gasteiger partial charge is 0.355 e. The Bertz CT molecular complexity index is 1220. The minimum Gasteiger partial charge on any atom is -0.355 e. The minimum absolute atomic E-state index is 0.0576. The lowest BCUT2D eigenvalue weighted by Crippen LogP contribution is -2.40. The molecule has 0 radical (unpaired) electrons. The number of sulfone groups is 1. The van der Waals surface area contributed by atoms with Gasteiger partial charge in [-0.05, 0) is 37.5 Å². The Kier molecular flexibility index (Phi) is 5.66. The van der Waals surface area contributed by atoms with Gasteiger partial charge < -0.3 is 9.42 Å². The van der Waals surface area contributed by atoms with Gasteiger partial charge >= 0.3 is 0 Å². The number of aromatic nitrogens is 1. The average molecular weight is 443 g/mol. The lowest BCUT2D eigenvalue weighted by Gasteiger charge is -2.27. The van der Waals surface area contributed by atoms with E-state index in [9.17, 15) is 17.6 Å². The van der Waals surface area contributed by atoms with Crippen molar-refractivity contribution in [2.45, 2.75) is 32.9 Å². The zero-order valence-corrected chi connectivity index (χ0v) is 18.2. The van der Waals surface area contributed by atoms with Crippen LogP contribution in [0.5, 0.6) is 0 Å². The Hall–Kier alpha value is -3.00. The van der Waals surface area contributed by atoms with E-state index < -0.39 is 21.8 Å². The van der Waals surface area contributed by atoms with E-state index in [0.29, 0.717) is 17.5 Å². The van der Waals surface area contributed by atoms with Gasteiger partial charge in [0.1, 0.15) is 5.82 Å². The molecule has 6 nitrogen and oxygen atoms in total. The van der Waals surface area contributed by atoms with Gasteiger partial charge in [0.05, 0.1) is 11.5 Å². The molecular formula is C23H23FN2O4S. The smallest absolute Gasteiger partial charge is 0.276 e. The Labute approximate surface area is 180 Å². The minimum atomic E-state index is -3.18. The van der Waals surface area contributed by atoms with Gasteiger partial charge in [0, 0.05) is 24.2 Å². The predicted molar refractivity (Wildman–Crippen MR) is 115 cm³/mol. The first kappa shape index (κ1) is 21.2. The highest BCUT2D eigenvalue weighted by molar-refractivity contribution is 7.91. The molecule has 0 saturated carbocycles. The van der Waals surface area contributed by atoms with E-state index >= 15 is 0 Å². The Morgan fingerprint density at radius 3 is 2.55 bits per heavy atom. The van der Waals surface area contributed by atoms with E-state index in [1.165, 1.54) is 12.1 Å². The predicted octanol–water partition coefficient (Wildman–Crippen LogP) is 3.93. The topological polar surface area (TPSA) is 80.5 Å². The first-order chi connectivity index (χ1) is 14.7. The fourth-order valence-corrected chi connectivity index (χ4v) is 5.41. The van der Waals surface area contributed by atoms with Crippen molar-refractivity contribution < 1.29 is 22.1 Å². The highest BCUT2D eigenvalue weighted by Crippen LogP contribution is 2.26. The summed E-state index contributed by atoms with van der Waals surface area (Å²) in [7, 11) is -3.18. The standard InChI is InChI=1S/C23H23FN2O4S/c1-15-3-6-17(7-4-15)13-26(19-9-10-31(28,29)14-19)23(27)21-12-22(30-25-21)18-8-5-16(2)20(24)11-18/h3-8,11-12,19H,9-10,13-14H2,1-2H3/t19-/m0/s1. The molecule has 1 amide bonds. The number of aryl methyl sites for hydroxylation is 2. The highest BCUT2D eigenvalue weighted by Gasteiger charge is 2.36. The van der Waals surface area contributed by atoms with Crippen LogP contribution < -0.4 is 0 Å². The van der Waals surface area contributed by atoms with Crippen LogP contribution >= 0.6 is 0 Å². The summed E-state index contributed by atoms with van der Waals surface area (Å²) in [5.74, 6) is -0.527. The molecule has 4 rings (SSSR count). The molecule has 2 heterocycles.